The van der Waals surface area contributed by atoms with Crippen molar-refractivity contribution in [1.82, 2.24) is 10.2 Å². The summed E-state index contributed by atoms with van der Waals surface area (Å²) < 4.78 is 5.82. The Morgan fingerprint density at radius 2 is 1.62 bits per heavy atom. The number of hydrogen-bond donors (Lipinski definition) is 1. The summed E-state index contributed by atoms with van der Waals surface area (Å²) in [6, 6.07) is 11.1. The summed E-state index contributed by atoms with van der Waals surface area (Å²) in [5.41, 5.74) is 3.90. The smallest absolute Gasteiger partial charge is 0.261 e. The van der Waals surface area contributed by atoms with Crippen LogP contribution in [0.5, 0.6) is 5.75 Å². The molecule has 0 spiro atoms. The quantitative estimate of drug-likeness (QED) is 0.521. The van der Waals surface area contributed by atoms with E-state index in [1.807, 2.05) is 77.9 Å². The number of nitrogens with zero attached hydrogens (tertiary/aromatic N) is 1. The lowest BCUT2D eigenvalue weighted by atomic mass is 10.1. The zero-order valence-electron chi connectivity index (χ0n) is 20.0. The van der Waals surface area contributed by atoms with Gasteiger partial charge in [0, 0.05) is 17.6 Å². The molecule has 2 unspecified atom stereocenters. The van der Waals surface area contributed by atoms with Crippen LogP contribution < -0.4 is 10.1 Å². The van der Waals surface area contributed by atoms with Crippen molar-refractivity contribution >= 4 is 23.4 Å². The highest BCUT2D eigenvalue weighted by molar-refractivity contribution is 6.32. The Morgan fingerprint density at radius 1 is 1.03 bits per heavy atom. The number of amides is 2. The van der Waals surface area contributed by atoms with Crippen molar-refractivity contribution in [2.45, 2.75) is 73.0 Å². The lowest BCUT2D eigenvalue weighted by Gasteiger charge is -2.31. The van der Waals surface area contributed by atoms with Gasteiger partial charge in [-0.1, -0.05) is 55.3 Å². The number of aryl methyl sites for hydroxylation is 3. The van der Waals surface area contributed by atoms with E-state index in [0.717, 1.165) is 28.7 Å². The lowest BCUT2D eigenvalue weighted by molar-refractivity contribution is -0.143. The fraction of sp³-hybridized carbons (Fsp3) is 0.462. The first kappa shape index (κ1) is 25.7. The molecule has 0 aliphatic heterocycles. The fourth-order valence-corrected chi connectivity index (χ4v) is 3.58. The van der Waals surface area contributed by atoms with Gasteiger partial charge < -0.3 is 15.0 Å². The van der Waals surface area contributed by atoms with Crippen molar-refractivity contribution in [3.05, 3.63) is 63.7 Å². The van der Waals surface area contributed by atoms with Crippen LogP contribution in [0.1, 0.15) is 55.9 Å². The normalized spacial score (nSPS) is 12.7. The molecule has 2 aromatic rings. The predicted molar refractivity (Wildman–Crippen MR) is 130 cm³/mol. The number of ether oxygens (including phenoxy) is 1. The van der Waals surface area contributed by atoms with Crippen LogP contribution in [0, 0.1) is 20.8 Å². The van der Waals surface area contributed by atoms with E-state index >= 15 is 0 Å². The molecule has 0 saturated carbocycles. The van der Waals surface area contributed by atoms with Crippen LogP contribution >= 0.6 is 11.6 Å². The van der Waals surface area contributed by atoms with Gasteiger partial charge in [0.25, 0.3) is 5.91 Å². The van der Waals surface area contributed by atoms with E-state index in [0.29, 0.717) is 23.7 Å². The van der Waals surface area contributed by atoms with Crippen molar-refractivity contribution < 1.29 is 14.3 Å². The Hall–Kier alpha value is -2.53. The Balaban J connectivity index is 2.24. The van der Waals surface area contributed by atoms with E-state index in [9.17, 15) is 9.59 Å². The third-order valence-electron chi connectivity index (χ3n) is 5.63. The van der Waals surface area contributed by atoms with Crippen molar-refractivity contribution in [1.29, 1.82) is 0 Å². The summed E-state index contributed by atoms with van der Waals surface area (Å²) in [5.74, 6) is 0.215. The second kappa shape index (κ2) is 11.9. The topological polar surface area (TPSA) is 58.6 Å². The summed E-state index contributed by atoms with van der Waals surface area (Å²) in [4.78, 5) is 27.9. The van der Waals surface area contributed by atoms with E-state index in [4.69, 9.17) is 16.3 Å². The lowest BCUT2D eigenvalue weighted by Crippen LogP contribution is -2.51. The molecular formula is C26H35ClN2O3. The maximum Gasteiger partial charge on any atom is 0.261 e. The highest BCUT2D eigenvalue weighted by Crippen LogP contribution is 2.26. The number of rotatable bonds is 10. The van der Waals surface area contributed by atoms with Gasteiger partial charge in [0.15, 0.2) is 6.61 Å². The van der Waals surface area contributed by atoms with Crippen LogP contribution in [0.2, 0.25) is 5.02 Å². The predicted octanol–water partition coefficient (Wildman–Crippen LogP) is 5.37. The molecule has 6 heteroatoms. The van der Waals surface area contributed by atoms with Crippen molar-refractivity contribution in [2.24, 2.45) is 0 Å². The van der Waals surface area contributed by atoms with Gasteiger partial charge in [0.1, 0.15) is 11.8 Å². The Morgan fingerprint density at radius 3 is 2.16 bits per heavy atom. The Kier molecular flexibility index (Phi) is 9.58. The largest absolute Gasteiger partial charge is 0.484 e. The maximum absolute atomic E-state index is 13.3. The molecule has 1 N–H and O–H groups in total. The van der Waals surface area contributed by atoms with Gasteiger partial charge in [-0.15, -0.1) is 0 Å². The number of hydrogen-bond acceptors (Lipinski definition) is 3. The van der Waals surface area contributed by atoms with Gasteiger partial charge in [-0.05, 0) is 69.4 Å². The van der Waals surface area contributed by atoms with E-state index in [2.05, 4.69) is 5.32 Å². The molecular weight excluding hydrogens is 424 g/mol. The molecule has 32 heavy (non-hydrogen) atoms. The van der Waals surface area contributed by atoms with Crippen molar-refractivity contribution in [2.75, 3.05) is 6.61 Å². The second-order valence-corrected chi connectivity index (χ2v) is 8.79. The first-order chi connectivity index (χ1) is 15.2. The molecule has 0 fully saturated rings. The first-order valence-electron chi connectivity index (χ1n) is 11.2. The first-order valence-corrected chi connectivity index (χ1v) is 11.6. The van der Waals surface area contributed by atoms with E-state index < -0.39 is 6.04 Å². The van der Waals surface area contributed by atoms with E-state index in [-0.39, 0.29) is 24.5 Å². The highest BCUT2D eigenvalue weighted by Gasteiger charge is 2.29. The summed E-state index contributed by atoms with van der Waals surface area (Å²) in [6.45, 7) is 11.9. The molecule has 0 aliphatic rings. The molecule has 5 nitrogen and oxygen atoms in total. The second-order valence-electron chi connectivity index (χ2n) is 8.41. The number of halogens is 1. The van der Waals surface area contributed by atoms with Crippen LogP contribution in [-0.2, 0) is 16.1 Å². The molecule has 2 amide bonds. The van der Waals surface area contributed by atoms with Gasteiger partial charge in [0.2, 0.25) is 5.91 Å². The molecule has 174 valence electrons. The van der Waals surface area contributed by atoms with Crippen LogP contribution in [0.25, 0.3) is 0 Å². The van der Waals surface area contributed by atoms with Crippen LogP contribution in [0.15, 0.2) is 36.4 Å². The van der Waals surface area contributed by atoms with Gasteiger partial charge in [-0.25, -0.2) is 0 Å². The highest BCUT2D eigenvalue weighted by atomic mass is 35.5. The molecule has 0 saturated heterocycles. The molecule has 2 aromatic carbocycles. The zero-order valence-corrected chi connectivity index (χ0v) is 20.8. The molecule has 0 aromatic heterocycles. The van der Waals surface area contributed by atoms with Crippen LogP contribution in [0.4, 0.5) is 0 Å². The number of nitrogens with one attached hydrogen (secondary N) is 1. The Labute approximate surface area is 197 Å². The molecule has 2 atom stereocenters. The third-order valence-corrected chi connectivity index (χ3v) is 6.23. The number of carbonyl (C=O) groups is 2. The van der Waals surface area contributed by atoms with Crippen LogP contribution in [0.3, 0.4) is 0 Å². The Bertz CT molecular complexity index is 904. The standard InChI is InChI=1S/C26H35ClN2O3/c1-7-20(6)28-26(31)23(8-2)29(15-21-11-9-17(3)10-12-21)24(30)16-32-22-13-18(4)25(27)19(5)14-22/h9-14,20,23H,7-8,15-16H2,1-6H3,(H,28,31). The minimum absolute atomic E-state index is 0.0455. The van der Waals surface area contributed by atoms with Gasteiger partial charge in [-0.3, -0.25) is 9.59 Å². The zero-order chi connectivity index (χ0) is 23.8. The molecule has 0 aliphatic carbocycles. The van der Waals surface area contributed by atoms with Gasteiger partial charge in [0.05, 0.1) is 0 Å². The van der Waals surface area contributed by atoms with E-state index in [1.54, 1.807) is 4.90 Å². The summed E-state index contributed by atoms with van der Waals surface area (Å²) in [5, 5.41) is 3.71. The monoisotopic (exact) mass is 458 g/mol. The summed E-state index contributed by atoms with van der Waals surface area (Å²) in [6.07, 6.45) is 1.34. The average molecular weight is 459 g/mol. The SMILES string of the molecule is CCC(C)NC(=O)C(CC)N(Cc1ccc(C)cc1)C(=O)COc1cc(C)c(Cl)c(C)c1. The molecule has 0 heterocycles. The molecule has 0 radical (unpaired) electrons. The van der Waals surface area contributed by atoms with Gasteiger partial charge in [-0.2, -0.15) is 0 Å². The van der Waals surface area contributed by atoms with Crippen molar-refractivity contribution in [3.63, 3.8) is 0 Å². The fourth-order valence-electron chi connectivity index (χ4n) is 3.47. The number of carbonyl (C=O) groups excluding carboxylic acids is 2. The van der Waals surface area contributed by atoms with Crippen LogP contribution in [-0.4, -0.2) is 35.4 Å². The van der Waals surface area contributed by atoms with Crippen molar-refractivity contribution in [3.8, 4) is 5.75 Å². The van der Waals surface area contributed by atoms with Gasteiger partial charge >= 0.3 is 0 Å². The molecule has 2 rings (SSSR count). The maximum atomic E-state index is 13.3. The van der Waals surface area contributed by atoms with E-state index in [1.165, 1.54) is 0 Å². The summed E-state index contributed by atoms with van der Waals surface area (Å²) in [7, 11) is 0. The average Bonchev–Trinajstić information content (AvgIpc) is 2.76. The minimum atomic E-state index is -0.574. The number of benzene rings is 2. The third kappa shape index (κ3) is 6.99. The minimum Gasteiger partial charge on any atom is -0.484 e. The molecule has 0 bridgehead atoms. The summed E-state index contributed by atoms with van der Waals surface area (Å²) >= 11 is 6.24.